The molecule has 1 heterocycles. The van der Waals surface area contributed by atoms with E-state index in [1.54, 1.807) is 0 Å². The Morgan fingerprint density at radius 3 is 2.71 bits per heavy atom. The molecule has 2 amide bonds. The molecule has 1 aliphatic heterocycles. The lowest BCUT2D eigenvalue weighted by Gasteiger charge is -2.11. The van der Waals surface area contributed by atoms with Crippen LogP contribution in [0.4, 0.5) is 0 Å². The zero-order valence-electron chi connectivity index (χ0n) is 9.44. The Labute approximate surface area is 99.4 Å². The molecule has 6 heteroatoms. The molecule has 2 N–H and O–H groups in total. The van der Waals surface area contributed by atoms with Crippen LogP contribution in [0.5, 0.6) is 0 Å². The van der Waals surface area contributed by atoms with E-state index < -0.39 is 6.04 Å². The van der Waals surface area contributed by atoms with Crippen molar-refractivity contribution in [2.75, 3.05) is 0 Å². The van der Waals surface area contributed by atoms with E-state index in [1.165, 1.54) is 0 Å². The number of nitriles is 1. The standard InChI is InChI=1S/C10H13N3O2.CH2O/c11-5-8(12-6-14)3-7-4-10(1-2-10)13-9(7)15;1-2/h6-8H,1-4H2,(H,12,14)(H,13,15);1H2. The van der Waals surface area contributed by atoms with E-state index in [0.717, 1.165) is 19.3 Å². The molecule has 2 aliphatic rings. The van der Waals surface area contributed by atoms with Gasteiger partial charge in [0.15, 0.2) is 0 Å². The van der Waals surface area contributed by atoms with Gasteiger partial charge in [0.25, 0.3) is 0 Å². The van der Waals surface area contributed by atoms with E-state index in [9.17, 15) is 9.59 Å². The van der Waals surface area contributed by atoms with Crippen molar-refractivity contribution in [3.63, 3.8) is 0 Å². The molecular formula is C11H15N3O3. The lowest BCUT2D eigenvalue weighted by Crippen LogP contribution is -2.31. The number of rotatable bonds is 4. The molecule has 0 aromatic rings. The molecule has 0 aromatic heterocycles. The Bertz CT molecular complexity index is 346. The van der Waals surface area contributed by atoms with Crippen molar-refractivity contribution in [3.05, 3.63) is 0 Å². The summed E-state index contributed by atoms with van der Waals surface area (Å²) in [7, 11) is 0. The zero-order valence-corrected chi connectivity index (χ0v) is 9.44. The summed E-state index contributed by atoms with van der Waals surface area (Å²) < 4.78 is 0. The molecule has 1 saturated carbocycles. The predicted molar refractivity (Wildman–Crippen MR) is 58.6 cm³/mol. The van der Waals surface area contributed by atoms with Crippen molar-refractivity contribution in [2.45, 2.75) is 37.3 Å². The minimum atomic E-state index is -0.549. The van der Waals surface area contributed by atoms with Gasteiger partial charge in [-0.15, -0.1) is 0 Å². The van der Waals surface area contributed by atoms with Gasteiger partial charge in [0.2, 0.25) is 12.3 Å². The summed E-state index contributed by atoms with van der Waals surface area (Å²) in [6.07, 6.45) is 3.84. The van der Waals surface area contributed by atoms with Crippen LogP contribution in [0.25, 0.3) is 0 Å². The Morgan fingerprint density at radius 1 is 1.65 bits per heavy atom. The van der Waals surface area contributed by atoms with Crippen LogP contribution in [0, 0.1) is 17.2 Å². The number of hydrogen-bond donors (Lipinski definition) is 2. The summed E-state index contributed by atoms with van der Waals surface area (Å²) in [6, 6.07) is 1.43. The fourth-order valence-electron chi connectivity index (χ4n) is 2.17. The van der Waals surface area contributed by atoms with Gasteiger partial charge in [-0.1, -0.05) is 0 Å². The van der Waals surface area contributed by atoms with Crippen LogP contribution in [0.15, 0.2) is 0 Å². The van der Waals surface area contributed by atoms with Crippen LogP contribution < -0.4 is 10.6 Å². The van der Waals surface area contributed by atoms with Crippen LogP contribution in [-0.4, -0.2) is 30.7 Å². The minimum absolute atomic E-state index is 0.0282. The fraction of sp³-hybridized carbons (Fsp3) is 0.636. The number of carbonyl (C=O) groups excluding carboxylic acids is 3. The number of nitrogens with zero attached hydrogens (tertiary/aromatic N) is 1. The first-order valence-electron chi connectivity index (χ1n) is 5.39. The van der Waals surface area contributed by atoms with Gasteiger partial charge in [-0.05, 0) is 25.7 Å². The molecule has 1 saturated heterocycles. The molecule has 1 aliphatic carbocycles. The monoisotopic (exact) mass is 237 g/mol. The third-order valence-corrected chi connectivity index (χ3v) is 3.20. The van der Waals surface area contributed by atoms with Crippen molar-refractivity contribution in [1.29, 1.82) is 5.26 Å². The van der Waals surface area contributed by atoms with Crippen LogP contribution in [0.2, 0.25) is 0 Å². The van der Waals surface area contributed by atoms with Gasteiger partial charge in [0.05, 0.1) is 6.07 Å². The highest BCUT2D eigenvalue weighted by molar-refractivity contribution is 5.83. The minimum Gasteiger partial charge on any atom is -0.350 e. The van der Waals surface area contributed by atoms with Crippen LogP contribution in [0.1, 0.15) is 25.7 Å². The van der Waals surface area contributed by atoms with Crippen molar-refractivity contribution in [3.8, 4) is 6.07 Å². The largest absolute Gasteiger partial charge is 0.350 e. The Hall–Kier alpha value is -1.90. The molecule has 0 bridgehead atoms. The van der Waals surface area contributed by atoms with E-state index in [0.29, 0.717) is 12.8 Å². The number of hydrogen-bond acceptors (Lipinski definition) is 4. The molecule has 2 fully saturated rings. The quantitative estimate of drug-likeness (QED) is 0.644. The van der Waals surface area contributed by atoms with Crippen molar-refractivity contribution in [2.24, 2.45) is 5.92 Å². The van der Waals surface area contributed by atoms with Crippen molar-refractivity contribution >= 4 is 19.1 Å². The molecule has 92 valence electrons. The first kappa shape index (κ1) is 13.2. The van der Waals surface area contributed by atoms with Gasteiger partial charge in [-0.25, -0.2) is 0 Å². The Morgan fingerprint density at radius 2 is 2.29 bits per heavy atom. The molecule has 2 atom stereocenters. The maximum atomic E-state index is 11.5. The molecule has 2 rings (SSSR count). The van der Waals surface area contributed by atoms with Gasteiger partial charge in [-0.2, -0.15) is 5.26 Å². The average Bonchev–Trinajstić information content (AvgIpc) is 3.01. The molecule has 6 nitrogen and oxygen atoms in total. The maximum absolute atomic E-state index is 11.5. The third kappa shape index (κ3) is 3.03. The molecular weight excluding hydrogens is 222 g/mol. The summed E-state index contributed by atoms with van der Waals surface area (Å²) in [6.45, 7) is 2.00. The van der Waals surface area contributed by atoms with Crippen LogP contribution >= 0.6 is 0 Å². The van der Waals surface area contributed by atoms with Crippen LogP contribution in [0.3, 0.4) is 0 Å². The summed E-state index contributed by atoms with van der Waals surface area (Å²) in [4.78, 5) is 29.8. The lowest BCUT2D eigenvalue weighted by atomic mass is 9.96. The average molecular weight is 237 g/mol. The highest BCUT2D eigenvalue weighted by Gasteiger charge is 2.52. The second kappa shape index (κ2) is 5.43. The van der Waals surface area contributed by atoms with E-state index in [2.05, 4.69) is 10.6 Å². The summed E-state index contributed by atoms with van der Waals surface area (Å²) >= 11 is 0. The second-order valence-corrected chi connectivity index (χ2v) is 4.37. The van der Waals surface area contributed by atoms with E-state index in [1.807, 2.05) is 12.9 Å². The third-order valence-electron chi connectivity index (χ3n) is 3.20. The van der Waals surface area contributed by atoms with Gasteiger partial charge in [0, 0.05) is 11.5 Å². The number of carbonyl (C=O) groups is 3. The van der Waals surface area contributed by atoms with Gasteiger partial charge < -0.3 is 15.4 Å². The first-order chi connectivity index (χ1) is 8.19. The summed E-state index contributed by atoms with van der Waals surface area (Å²) in [5.41, 5.74) is 0.0446. The van der Waals surface area contributed by atoms with Crippen LogP contribution in [-0.2, 0) is 14.4 Å². The van der Waals surface area contributed by atoms with Gasteiger partial charge in [-0.3, -0.25) is 9.59 Å². The molecule has 0 radical (unpaired) electrons. The summed E-state index contributed by atoms with van der Waals surface area (Å²) in [5.74, 6) is -0.0925. The predicted octanol–water partition coefficient (Wildman–Crippen LogP) is -0.502. The zero-order chi connectivity index (χ0) is 12.9. The van der Waals surface area contributed by atoms with E-state index in [-0.39, 0.29) is 17.4 Å². The maximum Gasteiger partial charge on any atom is 0.223 e. The molecule has 17 heavy (non-hydrogen) atoms. The topological polar surface area (TPSA) is 99.1 Å². The molecule has 1 spiro atoms. The Balaban J connectivity index is 0.000000686. The second-order valence-electron chi connectivity index (χ2n) is 4.37. The SMILES string of the molecule is C=O.N#CC(CC1CC2(CC2)NC1=O)NC=O. The fourth-order valence-corrected chi connectivity index (χ4v) is 2.17. The van der Waals surface area contributed by atoms with E-state index >= 15 is 0 Å². The Kier molecular flexibility index (Phi) is 4.21. The van der Waals surface area contributed by atoms with E-state index in [4.69, 9.17) is 10.1 Å². The van der Waals surface area contributed by atoms with Gasteiger partial charge >= 0.3 is 0 Å². The van der Waals surface area contributed by atoms with Crippen molar-refractivity contribution < 1.29 is 14.4 Å². The molecule has 0 aromatic carbocycles. The number of amides is 2. The van der Waals surface area contributed by atoms with Gasteiger partial charge in [0.1, 0.15) is 12.8 Å². The smallest absolute Gasteiger partial charge is 0.223 e. The highest BCUT2D eigenvalue weighted by Crippen LogP contribution is 2.46. The first-order valence-corrected chi connectivity index (χ1v) is 5.39. The number of nitrogens with one attached hydrogen (secondary N) is 2. The summed E-state index contributed by atoms with van der Waals surface area (Å²) in [5, 5.41) is 14.1. The molecule has 2 unspecified atom stereocenters. The van der Waals surface area contributed by atoms with Crippen molar-refractivity contribution in [1.82, 2.24) is 10.6 Å². The highest BCUT2D eigenvalue weighted by atomic mass is 16.2. The normalized spacial score (nSPS) is 24.9. The lowest BCUT2D eigenvalue weighted by molar-refractivity contribution is -0.123.